The molecule has 0 aliphatic heterocycles. The molecule has 3 N–H and O–H groups in total. The van der Waals surface area contributed by atoms with Crippen molar-refractivity contribution in [2.45, 2.75) is 32.6 Å². The van der Waals surface area contributed by atoms with Gasteiger partial charge in [-0.15, -0.1) is 11.3 Å². The van der Waals surface area contributed by atoms with Crippen LogP contribution in [0.25, 0.3) is 11.3 Å². The van der Waals surface area contributed by atoms with E-state index in [4.69, 9.17) is 5.73 Å². The molecule has 40 heavy (non-hydrogen) atoms. The zero-order chi connectivity index (χ0) is 28.2. The molecule has 5 aromatic rings. The summed E-state index contributed by atoms with van der Waals surface area (Å²) in [6.45, 7) is 1.59. The largest absolute Gasteiger partial charge is 0.357 e. The quantitative estimate of drug-likeness (QED) is 0.263. The van der Waals surface area contributed by atoms with E-state index in [-0.39, 0.29) is 23.4 Å². The minimum atomic E-state index is -0.785. The van der Waals surface area contributed by atoms with E-state index in [1.54, 1.807) is 12.3 Å². The molecule has 10 heteroatoms. The molecule has 2 heterocycles. The fourth-order valence-corrected chi connectivity index (χ4v) is 5.23. The standard InChI is InChI=1S/C30H27F2N5O2S/c1-19-27(26-18-40-29(35-26)34-15-20-9-4-2-5-10-20)28(38)37(17-25(33)21-11-6-3-7-12-21)30(39)36(19)16-22-23(31)13-8-14-24(22)32/h2-14,18,25H,15-17,33H2,1H3,(H,34,35)/t25-/m0/s1. The van der Waals surface area contributed by atoms with E-state index in [0.29, 0.717) is 17.4 Å². The van der Waals surface area contributed by atoms with E-state index in [2.05, 4.69) is 10.3 Å². The number of hydrogen-bond donors (Lipinski definition) is 2. The summed E-state index contributed by atoms with van der Waals surface area (Å²) in [5.41, 5.74) is 7.41. The van der Waals surface area contributed by atoms with Gasteiger partial charge in [-0.2, -0.15) is 0 Å². The highest BCUT2D eigenvalue weighted by Crippen LogP contribution is 2.26. The lowest BCUT2D eigenvalue weighted by Crippen LogP contribution is -2.44. The van der Waals surface area contributed by atoms with E-state index in [1.807, 2.05) is 60.7 Å². The highest BCUT2D eigenvalue weighted by molar-refractivity contribution is 7.14. The number of nitrogens with one attached hydrogen (secondary N) is 1. The first-order valence-corrected chi connectivity index (χ1v) is 13.5. The van der Waals surface area contributed by atoms with E-state index in [0.717, 1.165) is 27.8 Å². The van der Waals surface area contributed by atoms with Gasteiger partial charge >= 0.3 is 5.69 Å². The second-order valence-electron chi connectivity index (χ2n) is 9.34. The Morgan fingerprint density at radius 3 is 2.25 bits per heavy atom. The van der Waals surface area contributed by atoms with Crippen LogP contribution in [0.1, 0.15) is 28.4 Å². The number of nitrogens with zero attached hydrogens (tertiary/aromatic N) is 3. The number of anilines is 1. The molecule has 204 valence electrons. The Balaban J connectivity index is 1.58. The van der Waals surface area contributed by atoms with Gasteiger partial charge in [0, 0.05) is 29.2 Å². The lowest BCUT2D eigenvalue weighted by molar-refractivity contribution is 0.493. The van der Waals surface area contributed by atoms with Gasteiger partial charge in [-0.05, 0) is 30.2 Å². The van der Waals surface area contributed by atoms with Crippen LogP contribution in [0.4, 0.5) is 13.9 Å². The summed E-state index contributed by atoms with van der Waals surface area (Å²) < 4.78 is 31.4. The summed E-state index contributed by atoms with van der Waals surface area (Å²) in [6, 6.07) is 21.7. The maximum atomic E-state index is 14.6. The number of nitrogens with two attached hydrogens (primary N) is 1. The van der Waals surface area contributed by atoms with Crippen LogP contribution in [-0.2, 0) is 19.6 Å². The van der Waals surface area contributed by atoms with Crippen LogP contribution in [0, 0.1) is 18.6 Å². The Hall–Kier alpha value is -4.41. The van der Waals surface area contributed by atoms with Crippen LogP contribution in [0.3, 0.4) is 0 Å². The molecule has 0 saturated heterocycles. The van der Waals surface area contributed by atoms with Crippen molar-refractivity contribution in [3.8, 4) is 11.3 Å². The normalized spacial score (nSPS) is 11.9. The molecule has 0 bridgehead atoms. The Morgan fingerprint density at radius 2 is 1.57 bits per heavy atom. The van der Waals surface area contributed by atoms with E-state index >= 15 is 0 Å². The highest BCUT2D eigenvalue weighted by Gasteiger charge is 2.23. The fraction of sp³-hybridized carbons (Fsp3) is 0.167. The van der Waals surface area contributed by atoms with Gasteiger partial charge in [0.1, 0.15) is 11.6 Å². The van der Waals surface area contributed by atoms with Crippen molar-refractivity contribution in [3.05, 3.63) is 139 Å². The second-order valence-corrected chi connectivity index (χ2v) is 10.2. The van der Waals surface area contributed by atoms with Crippen molar-refractivity contribution in [2.75, 3.05) is 5.32 Å². The van der Waals surface area contributed by atoms with Crippen LogP contribution in [-0.4, -0.2) is 14.1 Å². The van der Waals surface area contributed by atoms with Gasteiger partial charge in [-0.1, -0.05) is 66.7 Å². The number of benzene rings is 3. The molecule has 1 atom stereocenters. The summed E-state index contributed by atoms with van der Waals surface area (Å²) in [5.74, 6) is -1.57. The zero-order valence-corrected chi connectivity index (χ0v) is 22.5. The third-order valence-corrected chi connectivity index (χ3v) is 7.52. The van der Waals surface area contributed by atoms with Crippen LogP contribution in [0.15, 0.2) is 93.8 Å². The number of aromatic nitrogens is 3. The smallest absolute Gasteiger partial charge is 0.331 e. The molecular formula is C30H27F2N5O2S. The molecule has 7 nitrogen and oxygen atoms in total. The number of hydrogen-bond acceptors (Lipinski definition) is 6. The van der Waals surface area contributed by atoms with E-state index in [1.165, 1.54) is 22.0 Å². The van der Waals surface area contributed by atoms with Crippen LogP contribution in [0.5, 0.6) is 0 Å². The predicted octanol–water partition coefficient (Wildman–Crippen LogP) is 5.08. The molecule has 2 aromatic heterocycles. The third-order valence-electron chi connectivity index (χ3n) is 6.72. The van der Waals surface area contributed by atoms with Crippen molar-refractivity contribution in [1.82, 2.24) is 14.1 Å². The van der Waals surface area contributed by atoms with Gasteiger partial charge in [0.05, 0.1) is 24.3 Å². The molecule has 0 saturated carbocycles. The van der Waals surface area contributed by atoms with Crippen molar-refractivity contribution >= 4 is 16.5 Å². The molecule has 0 unspecified atom stereocenters. The Bertz CT molecular complexity index is 1730. The first kappa shape index (κ1) is 27.2. The first-order chi connectivity index (χ1) is 19.3. The van der Waals surface area contributed by atoms with Crippen molar-refractivity contribution in [2.24, 2.45) is 5.73 Å². The van der Waals surface area contributed by atoms with Crippen LogP contribution in [0.2, 0.25) is 0 Å². The molecule has 3 aromatic carbocycles. The topological polar surface area (TPSA) is 94.9 Å². The molecule has 0 amide bonds. The van der Waals surface area contributed by atoms with Gasteiger partial charge in [0.15, 0.2) is 5.13 Å². The molecule has 0 fully saturated rings. The lowest BCUT2D eigenvalue weighted by atomic mass is 10.1. The summed E-state index contributed by atoms with van der Waals surface area (Å²) in [5, 5.41) is 5.56. The summed E-state index contributed by atoms with van der Waals surface area (Å²) >= 11 is 1.31. The average Bonchev–Trinajstić information content (AvgIpc) is 3.43. The van der Waals surface area contributed by atoms with Gasteiger partial charge in [-0.3, -0.25) is 13.9 Å². The lowest BCUT2D eigenvalue weighted by Gasteiger charge is -2.19. The molecular weight excluding hydrogens is 532 g/mol. The Morgan fingerprint density at radius 1 is 0.925 bits per heavy atom. The van der Waals surface area contributed by atoms with Crippen molar-refractivity contribution in [1.29, 1.82) is 0 Å². The minimum absolute atomic E-state index is 0.127. The average molecular weight is 560 g/mol. The predicted molar refractivity (Wildman–Crippen MR) is 153 cm³/mol. The summed E-state index contributed by atoms with van der Waals surface area (Å²) in [6.07, 6.45) is 0. The highest BCUT2D eigenvalue weighted by atomic mass is 32.1. The summed E-state index contributed by atoms with van der Waals surface area (Å²) in [7, 11) is 0. The first-order valence-electron chi connectivity index (χ1n) is 12.6. The molecule has 0 radical (unpaired) electrons. The zero-order valence-electron chi connectivity index (χ0n) is 21.7. The Labute approximate surface area is 233 Å². The van der Waals surface area contributed by atoms with Gasteiger partial charge in [0.2, 0.25) is 0 Å². The summed E-state index contributed by atoms with van der Waals surface area (Å²) in [4.78, 5) is 32.1. The Kier molecular flexibility index (Phi) is 7.99. The SMILES string of the molecule is Cc1c(-c2csc(NCc3ccccc3)n2)c(=O)n(C[C@H](N)c2ccccc2)c(=O)n1Cc1c(F)cccc1F. The molecule has 0 spiro atoms. The van der Waals surface area contributed by atoms with Crippen LogP contribution < -0.4 is 22.3 Å². The van der Waals surface area contributed by atoms with Gasteiger partial charge in [0.25, 0.3) is 5.56 Å². The minimum Gasteiger partial charge on any atom is -0.357 e. The molecule has 5 rings (SSSR count). The number of rotatable bonds is 9. The molecule has 0 aliphatic rings. The molecule has 0 aliphatic carbocycles. The number of halogens is 2. The van der Waals surface area contributed by atoms with E-state index in [9.17, 15) is 18.4 Å². The second kappa shape index (κ2) is 11.8. The van der Waals surface area contributed by atoms with Crippen molar-refractivity contribution < 1.29 is 8.78 Å². The fourth-order valence-electron chi connectivity index (χ4n) is 4.53. The van der Waals surface area contributed by atoms with Crippen molar-refractivity contribution in [3.63, 3.8) is 0 Å². The van der Waals surface area contributed by atoms with Crippen LogP contribution >= 0.6 is 11.3 Å². The maximum absolute atomic E-state index is 14.6. The monoisotopic (exact) mass is 559 g/mol. The number of thiazole rings is 1. The maximum Gasteiger partial charge on any atom is 0.331 e. The van der Waals surface area contributed by atoms with E-state index < -0.39 is 35.5 Å². The van der Waals surface area contributed by atoms with Gasteiger partial charge < -0.3 is 11.1 Å². The van der Waals surface area contributed by atoms with Gasteiger partial charge in [-0.25, -0.2) is 18.6 Å². The third kappa shape index (κ3) is 5.63.